The van der Waals surface area contributed by atoms with Crippen LogP contribution in [0.1, 0.15) is 49.6 Å². The van der Waals surface area contributed by atoms with Crippen LogP contribution in [0.15, 0.2) is 29.4 Å². The molecule has 2 N–H and O–H groups in total. The number of rotatable bonds is 6. The molecule has 158 valence electrons. The van der Waals surface area contributed by atoms with E-state index in [1.165, 1.54) is 0 Å². The molecule has 2 aromatic heterocycles. The smallest absolute Gasteiger partial charge is 0.191 e. The summed E-state index contributed by atoms with van der Waals surface area (Å²) in [6.45, 7) is 6.65. The molecule has 0 bridgehead atoms. The van der Waals surface area contributed by atoms with E-state index < -0.39 is 10.8 Å². The summed E-state index contributed by atoms with van der Waals surface area (Å²) in [6.07, 6.45) is 6.09. The van der Waals surface area contributed by atoms with E-state index in [-0.39, 0.29) is 0 Å². The number of hydrogen-bond acceptors (Lipinski definition) is 4. The van der Waals surface area contributed by atoms with Gasteiger partial charge in [-0.2, -0.15) is 5.10 Å². The second-order valence-electron chi connectivity index (χ2n) is 7.59. The maximum absolute atomic E-state index is 12.2. The van der Waals surface area contributed by atoms with Gasteiger partial charge in [0, 0.05) is 53.3 Å². The van der Waals surface area contributed by atoms with Crippen molar-refractivity contribution in [2.24, 2.45) is 4.99 Å². The van der Waals surface area contributed by atoms with Crippen molar-refractivity contribution in [3.8, 4) is 5.82 Å². The van der Waals surface area contributed by atoms with Crippen LogP contribution >= 0.6 is 0 Å². The summed E-state index contributed by atoms with van der Waals surface area (Å²) in [5.74, 6) is 2.34. The maximum atomic E-state index is 12.2. The van der Waals surface area contributed by atoms with Crippen molar-refractivity contribution in [2.45, 2.75) is 64.3 Å². The molecule has 1 aliphatic carbocycles. The van der Waals surface area contributed by atoms with E-state index >= 15 is 0 Å². The highest BCUT2D eigenvalue weighted by Crippen LogP contribution is 2.23. The van der Waals surface area contributed by atoms with E-state index in [1.807, 2.05) is 43.8 Å². The molecule has 2 heterocycles. The lowest BCUT2D eigenvalue weighted by Gasteiger charge is -2.30. The monoisotopic (exact) mass is 416 g/mol. The number of nitrogens with one attached hydrogen (secondary N) is 2. The lowest BCUT2D eigenvalue weighted by molar-refractivity contribution is 0.413. The number of guanidine groups is 1. The van der Waals surface area contributed by atoms with E-state index in [1.54, 1.807) is 7.05 Å². The zero-order chi connectivity index (χ0) is 20.8. The molecule has 0 aliphatic heterocycles. The van der Waals surface area contributed by atoms with E-state index in [4.69, 9.17) is 0 Å². The summed E-state index contributed by atoms with van der Waals surface area (Å²) in [5.41, 5.74) is 3.13. The van der Waals surface area contributed by atoms with Gasteiger partial charge in [0.2, 0.25) is 0 Å². The van der Waals surface area contributed by atoms with Gasteiger partial charge in [0.05, 0.1) is 5.69 Å². The molecule has 0 saturated heterocycles. The van der Waals surface area contributed by atoms with E-state index in [0.717, 1.165) is 60.2 Å². The van der Waals surface area contributed by atoms with Gasteiger partial charge >= 0.3 is 0 Å². The molecule has 7 nitrogen and oxygen atoms in total. The van der Waals surface area contributed by atoms with Crippen LogP contribution in [0.5, 0.6) is 0 Å². The average Bonchev–Trinajstić information content (AvgIpc) is 3.09. The third kappa shape index (κ3) is 5.65. The Hall–Kier alpha value is -2.22. The fraction of sp³-hybridized carbons (Fsp3) is 0.571. The number of aromatic nitrogens is 3. The zero-order valence-electron chi connectivity index (χ0n) is 17.8. The van der Waals surface area contributed by atoms with Gasteiger partial charge in [-0.3, -0.25) is 9.20 Å². The molecule has 0 radical (unpaired) electrons. The highest BCUT2D eigenvalue weighted by atomic mass is 32.2. The first-order chi connectivity index (χ1) is 14.0. The van der Waals surface area contributed by atoms with Crippen LogP contribution in [-0.2, 0) is 17.3 Å². The SMILES string of the molecule is CCS(=O)C1CCCC(NC(=NC)NCc2ccc(-n3nc(C)cc3C)nc2)C1. The predicted molar refractivity (Wildman–Crippen MR) is 119 cm³/mol. The molecular formula is C21H32N6OS. The van der Waals surface area contributed by atoms with Crippen LogP contribution in [-0.4, -0.2) is 49.0 Å². The van der Waals surface area contributed by atoms with Gasteiger partial charge < -0.3 is 10.6 Å². The molecule has 0 amide bonds. The number of nitrogens with zero attached hydrogens (tertiary/aromatic N) is 4. The molecule has 1 saturated carbocycles. The van der Waals surface area contributed by atoms with Crippen molar-refractivity contribution >= 4 is 16.8 Å². The van der Waals surface area contributed by atoms with Gasteiger partial charge in [-0.1, -0.05) is 19.4 Å². The Kier molecular flexibility index (Phi) is 7.41. The van der Waals surface area contributed by atoms with Gasteiger partial charge in [-0.15, -0.1) is 0 Å². The van der Waals surface area contributed by atoms with Crippen molar-refractivity contribution < 1.29 is 4.21 Å². The minimum atomic E-state index is -0.718. The van der Waals surface area contributed by atoms with Crippen LogP contribution < -0.4 is 10.6 Å². The molecule has 3 atom stereocenters. The Balaban J connectivity index is 1.54. The van der Waals surface area contributed by atoms with Crippen molar-refractivity contribution in [3.05, 3.63) is 41.3 Å². The largest absolute Gasteiger partial charge is 0.354 e. The molecule has 3 unspecified atom stereocenters. The van der Waals surface area contributed by atoms with Crippen molar-refractivity contribution in [1.82, 2.24) is 25.4 Å². The summed E-state index contributed by atoms with van der Waals surface area (Å²) in [4.78, 5) is 8.90. The van der Waals surface area contributed by atoms with Crippen LogP contribution in [0.3, 0.4) is 0 Å². The highest BCUT2D eigenvalue weighted by molar-refractivity contribution is 7.85. The summed E-state index contributed by atoms with van der Waals surface area (Å²) in [7, 11) is 1.06. The third-order valence-corrected chi connectivity index (χ3v) is 7.08. The maximum Gasteiger partial charge on any atom is 0.191 e. The molecule has 1 fully saturated rings. The number of aliphatic imine (C=N–C) groups is 1. The topological polar surface area (TPSA) is 84.2 Å². The quantitative estimate of drug-likeness (QED) is 0.559. The second-order valence-corrected chi connectivity index (χ2v) is 9.59. The van der Waals surface area contributed by atoms with Crippen molar-refractivity contribution in [3.63, 3.8) is 0 Å². The lowest BCUT2D eigenvalue weighted by Crippen LogP contribution is -2.46. The van der Waals surface area contributed by atoms with Gasteiger partial charge in [-0.05, 0) is 50.8 Å². The second kappa shape index (κ2) is 10.0. The first-order valence-corrected chi connectivity index (χ1v) is 11.7. The zero-order valence-corrected chi connectivity index (χ0v) is 18.6. The van der Waals surface area contributed by atoms with Gasteiger partial charge in [0.15, 0.2) is 11.8 Å². The van der Waals surface area contributed by atoms with E-state index in [9.17, 15) is 4.21 Å². The Labute approximate surface area is 175 Å². The van der Waals surface area contributed by atoms with Crippen LogP contribution in [0, 0.1) is 13.8 Å². The molecule has 0 aromatic carbocycles. The standard InChI is InChI=1S/C21H32N6OS/c1-5-29(28)19-8-6-7-18(12-19)25-21(22-4)24-14-17-9-10-20(23-13-17)27-16(3)11-15(2)26-27/h9-11,13,18-19H,5-8,12,14H2,1-4H3,(H2,22,24,25). The van der Waals surface area contributed by atoms with Crippen LogP contribution in [0.4, 0.5) is 0 Å². The fourth-order valence-electron chi connectivity index (χ4n) is 3.83. The fourth-order valence-corrected chi connectivity index (χ4v) is 5.18. The number of aryl methyl sites for hydroxylation is 2. The normalized spacial score (nSPS) is 21.0. The van der Waals surface area contributed by atoms with Crippen LogP contribution in [0.25, 0.3) is 5.82 Å². The summed E-state index contributed by atoms with van der Waals surface area (Å²) >= 11 is 0. The van der Waals surface area contributed by atoms with E-state index in [2.05, 4.69) is 31.8 Å². The molecule has 3 rings (SSSR count). The van der Waals surface area contributed by atoms with Gasteiger partial charge in [0.1, 0.15) is 0 Å². The highest BCUT2D eigenvalue weighted by Gasteiger charge is 2.26. The minimum absolute atomic E-state index is 0.301. The molecule has 8 heteroatoms. The summed E-state index contributed by atoms with van der Waals surface area (Å²) < 4.78 is 14.0. The Bertz CT molecular complexity index is 861. The molecule has 0 spiro atoms. The number of pyridine rings is 1. The first-order valence-electron chi connectivity index (χ1n) is 10.3. The molecular weight excluding hydrogens is 384 g/mol. The predicted octanol–water partition coefficient (Wildman–Crippen LogP) is 2.63. The minimum Gasteiger partial charge on any atom is -0.354 e. The Morgan fingerprint density at radius 2 is 2.17 bits per heavy atom. The van der Waals surface area contributed by atoms with Gasteiger partial charge in [-0.25, -0.2) is 9.67 Å². The average molecular weight is 417 g/mol. The van der Waals surface area contributed by atoms with Crippen molar-refractivity contribution in [2.75, 3.05) is 12.8 Å². The lowest BCUT2D eigenvalue weighted by atomic mass is 9.95. The summed E-state index contributed by atoms with van der Waals surface area (Å²) in [5, 5.41) is 11.6. The van der Waals surface area contributed by atoms with Crippen molar-refractivity contribution in [1.29, 1.82) is 0 Å². The Morgan fingerprint density at radius 3 is 2.79 bits per heavy atom. The van der Waals surface area contributed by atoms with E-state index in [0.29, 0.717) is 17.8 Å². The molecule has 1 aliphatic rings. The molecule has 2 aromatic rings. The van der Waals surface area contributed by atoms with Crippen LogP contribution in [0.2, 0.25) is 0 Å². The summed E-state index contributed by atoms with van der Waals surface area (Å²) in [6, 6.07) is 6.40. The van der Waals surface area contributed by atoms with Gasteiger partial charge in [0.25, 0.3) is 0 Å². The third-order valence-electron chi connectivity index (χ3n) is 5.34. The molecule has 29 heavy (non-hydrogen) atoms. The number of hydrogen-bond donors (Lipinski definition) is 2. The Morgan fingerprint density at radius 1 is 1.34 bits per heavy atom. The first kappa shape index (κ1) is 21.5.